The SMILES string of the molecule is Cc1ccc(NC(=O)C(=O)N/N=C\c2ccccc2OCC(=O)N2CCOCC2)cc1C. The molecule has 0 aromatic heterocycles. The number of hydrazone groups is 1. The maximum atomic E-state index is 12.3. The van der Waals surface area contributed by atoms with Crippen molar-refractivity contribution in [3.63, 3.8) is 0 Å². The van der Waals surface area contributed by atoms with Crippen LogP contribution in [0.5, 0.6) is 5.75 Å². The maximum absolute atomic E-state index is 12.3. The Balaban J connectivity index is 1.53. The Kier molecular flexibility index (Phi) is 7.93. The molecule has 0 radical (unpaired) electrons. The minimum atomic E-state index is -0.902. The topological polar surface area (TPSA) is 109 Å². The van der Waals surface area contributed by atoms with Crippen molar-refractivity contribution in [2.45, 2.75) is 13.8 Å². The van der Waals surface area contributed by atoms with E-state index in [1.54, 1.807) is 41.3 Å². The van der Waals surface area contributed by atoms with Gasteiger partial charge in [0.25, 0.3) is 5.91 Å². The number of carbonyl (C=O) groups excluding carboxylic acids is 3. The largest absolute Gasteiger partial charge is 0.483 e. The summed E-state index contributed by atoms with van der Waals surface area (Å²) in [6.07, 6.45) is 1.36. The molecule has 1 aliphatic rings. The lowest BCUT2D eigenvalue weighted by Crippen LogP contribution is -2.43. The number of para-hydroxylation sites is 1. The van der Waals surface area contributed by atoms with Gasteiger partial charge in [0.2, 0.25) is 0 Å². The van der Waals surface area contributed by atoms with E-state index < -0.39 is 11.8 Å². The maximum Gasteiger partial charge on any atom is 0.329 e. The van der Waals surface area contributed by atoms with Gasteiger partial charge in [0, 0.05) is 24.3 Å². The molecule has 9 nitrogen and oxygen atoms in total. The molecule has 1 saturated heterocycles. The van der Waals surface area contributed by atoms with Gasteiger partial charge < -0.3 is 19.7 Å². The van der Waals surface area contributed by atoms with E-state index in [2.05, 4.69) is 15.8 Å². The number of ether oxygens (including phenoxy) is 2. The summed E-state index contributed by atoms with van der Waals surface area (Å²) >= 11 is 0. The average Bonchev–Trinajstić information content (AvgIpc) is 2.81. The molecule has 2 N–H and O–H groups in total. The standard InChI is InChI=1S/C23H26N4O5/c1-16-7-8-19(13-17(16)2)25-22(29)23(30)26-24-14-18-5-3-4-6-20(18)32-15-21(28)27-9-11-31-12-10-27/h3-8,13-14H,9-12,15H2,1-2H3,(H,25,29)(H,26,30)/b24-14-. The molecule has 3 rings (SSSR count). The summed E-state index contributed by atoms with van der Waals surface area (Å²) in [5.41, 5.74) is 5.37. The number of amides is 3. The number of rotatable bonds is 6. The molecule has 3 amide bonds. The Hall–Kier alpha value is -3.72. The molecule has 0 spiro atoms. The Labute approximate surface area is 186 Å². The third-order valence-corrected chi connectivity index (χ3v) is 4.97. The van der Waals surface area contributed by atoms with Crippen molar-refractivity contribution in [3.8, 4) is 5.75 Å². The second-order valence-electron chi connectivity index (χ2n) is 7.27. The molecule has 0 atom stereocenters. The van der Waals surface area contributed by atoms with Crippen LogP contribution in [0.25, 0.3) is 0 Å². The summed E-state index contributed by atoms with van der Waals surface area (Å²) in [5.74, 6) is -1.42. The molecular weight excluding hydrogens is 412 g/mol. The van der Waals surface area contributed by atoms with E-state index in [0.29, 0.717) is 43.3 Å². The van der Waals surface area contributed by atoms with E-state index in [9.17, 15) is 14.4 Å². The Morgan fingerprint density at radius 2 is 1.81 bits per heavy atom. The number of carbonyl (C=O) groups is 3. The van der Waals surface area contributed by atoms with Crippen LogP contribution in [-0.4, -0.2) is 61.7 Å². The first-order valence-electron chi connectivity index (χ1n) is 10.2. The van der Waals surface area contributed by atoms with Crippen LogP contribution in [0, 0.1) is 13.8 Å². The zero-order chi connectivity index (χ0) is 22.9. The van der Waals surface area contributed by atoms with Crippen molar-refractivity contribution in [2.24, 2.45) is 5.10 Å². The molecule has 1 aliphatic heterocycles. The lowest BCUT2D eigenvalue weighted by atomic mass is 10.1. The Morgan fingerprint density at radius 1 is 1.06 bits per heavy atom. The minimum Gasteiger partial charge on any atom is -0.483 e. The first-order chi connectivity index (χ1) is 15.4. The molecule has 9 heteroatoms. The highest BCUT2D eigenvalue weighted by molar-refractivity contribution is 6.39. The first kappa shape index (κ1) is 23.0. The number of nitrogens with zero attached hydrogens (tertiary/aromatic N) is 2. The lowest BCUT2D eigenvalue weighted by molar-refractivity contribution is -0.137. The average molecular weight is 438 g/mol. The number of hydrogen-bond donors (Lipinski definition) is 2. The number of hydrogen-bond acceptors (Lipinski definition) is 6. The van der Waals surface area contributed by atoms with Crippen LogP contribution < -0.4 is 15.5 Å². The Bertz CT molecular complexity index is 1020. The highest BCUT2D eigenvalue weighted by Crippen LogP contribution is 2.16. The Morgan fingerprint density at radius 3 is 2.56 bits per heavy atom. The quantitative estimate of drug-likeness (QED) is 0.405. The summed E-state index contributed by atoms with van der Waals surface area (Å²) in [6.45, 7) is 5.89. The third kappa shape index (κ3) is 6.39. The van der Waals surface area contributed by atoms with Crippen LogP contribution in [-0.2, 0) is 19.1 Å². The van der Waals surface area contributed by atoms with E-state index in [1.807, 2.05) is 19.9 Å². The fourth-order valence-electron chi connectivity index (χ4n) is 2.98. The minimum absolute atomic E-state index is 0.115. The van der Waals surface area contributed by atoms with Crippen molar-refractivity contribution in [1.82, 2.24) is 10.3 Å². The van der Waals surface area contributed by atoms with Gasteiger partial charge in [0.15, 0.2) is 6.61 Å². The predicted molar refractivity (Wildman–Crippen MR) is 120 cm³/mol. The molecule has 2 aromatic rings. The van der Waals surface area contributed by atoms with Gasteiger partial charge in [-0.1, -0.05) is 18.2 Å². The van der Waals surface area contributed by atoms with Gasteiger partial charge in [0.05, 0.1) is 19.4 Å². The van der Waals surface area contributed by atoms with Gasteiger partial charge >= 0.3 is 11.8 Å². The summed E-state index contributed by atoms with van der Waals surface area (Å²) in [6, 6.07) is 12.3. The van der Waals surface area contributed by atoms with Crippen LogP contribution >= 0.6 is 0 Å². The van der Waals surface area contributed by atoms with Crippen LogP contribution in [0.15, 0.2) is 47.6 Å². The predicted octanol–water partition coefficient (Wildman–Crippen LogP) is 1.63. The number of benzene rings is 2. The van der Waals surface area contributed by atoms with E-state index >= 15 is 0 Å². The monoisotopic (exact) mass is 438 g/mol. The first-order valence-corrected chi connectivity index (χ1v) is 10.2. The second kappa shape index (κ2) is 11.1. The third-order valence-electron chi connectivity index (χ3n) is 4.97. The fourth-order valence-corrected chi connectivity index (χ4v) is 2.98. The van der Waals surface area contributed by atoms with Crippen molar-refractivity contribution in [2.75, 3.05) is 38.2 Å². The number of anilines is 1. The zero-order valence-corrected chi connectivity index (χ0v) is 18.1. The summed E-state index contributed by atoms with van der Waals surface area (Å²) in [4.78, 5) is 38.1. The smallest absolute Gasteiger partial charge is 0.329 e. The molecular formula is C23H26N4O5. The molecule has 0 saturated carbocycles. The van der Waals surface area contributed by atoms with Gasteiger partial charge in [-0.05, 0) is 49.2 Å². The van der Waals surface area contributed by atoms with E-state index in [4.69, 9.17) is 9.47 Å². The fraction of sp³-hybridized carbons (Fsp3) is 0.304. The van der Waals surface area contributed by atoms with Crippen LogP contribution in [0.2, 0.25) is 0 Å². The van der Waals surface area contributed by atoms with Gasteiger partial charge in [-0.3, -0.25) is 14.4 Å². The second-order valence-corrected chi connectivity index (χ2v) is 7.27. The van der Waals surface area contributed by atoms with Crippen molar-refractivity contribution in [3.05, 3.63) is 59.2 Å². The van der Waals surface area contributed by atoms with E-state index in [0.717, 1.165) is 11.1 Å². The van der Waals surface area contributed by atoms with Crippen LogP contribution in [0.1, 0.15) is 16.7 Å². The molecule has 0 unspecified atom stereocenters. The van der Waals surface area contributed by atoms with Crippen molar-refractivity contribution in [1.29, 1.82) is 0 Å². The van der Waals surface area contributed by atoms with Gasteiger partial charge in [-0.25, -0.2) is 5.43 Å². The summed E-state index contributed by atoms with van der Waals surface area (Å²) in [7, 11) is 0. The highest BCUT2D eigenvalue weighted by Gasteiger charge is 2.17. The van der Waals surface area contributed by atoms with Crippen molar-refractivity contribution < 1.29 is 23.9 Å². The summed E-state index contributed by atoms with van der Waals surface area (Å²) < 4.78 is 10.9. The van der Waals surface area contributed by atoms with Crippen LogP contribution in [0.3, 0.4) is 0 Å². The lowest BCUT2D eigenvalue weighted by Gasteiger charge is -2.26. The van der Waals surface area contributed by atoms with Crippen LogP contribution in [0.4, 0.5) is 5.69 Å². The number of nitrogens with one attached hydrogen (secondary N) is 2. The molecule has 2 aromatic carbocycles. The van der Waals surface area contributed by atoms with E-state index in [1.165, 1.54) is 6.21 Å². The van der Waals surface area contributed by atoms with Crippen molar-refractivity contribution >= 4 is 29.6 Å². The number of morpholine rings is 1. The van der Waals surface area contributed by atoms with E-state index in [-0.39, 0.29) is 12.5 Å². The molecule has 168 valence electrons. The molecule has 1 fully saturated rings. The van der Waals surface area contributed by atoms with Gasteiger partial charge in [0.1, 0.15) is 5.75 Å². The summed E-state index contributed by atoms with van der Waals surface area (Å²) in [5, 5.41) is 6.37. The molecule has 1 heterocycles. The number of aryl methyl sites for hydroxylation is 2. The van der Waals surface area contributed by atoms with Gasteiger partial charge in [-0.2, -0.15) is 5.10 Å². The molecule has 0 aliphatic carbocycles. The van der Waals surface area contributed by atoms with Gasteiger partial charge in [-0.15, -0.1) is 0 Å². The molecule has 32 heavy (non-hydrogen) atoms. The highest BCUT2D eigenvalue weighted by atomic mass is 16.5. The normalized spacial score (nSPS) is 13.6. The molecule has 0 bridgehead atoms. The zero-order valence-electron chi connectivity index (χ0n) is 18.1.